The van der Waals surface area contributed by atoms with Crippen molar-refractivity contribution in [2.24, 2.45) is 5.92 Å². The fraction of sp³-hybridized carbons (Fsp3) is 0.385. The molecule has 5 nitrogen and oxygen atoms in total. The smallest absolute Gasteiger partial charge is 0.255 e. The van der Waals surface area contributed by atoms with Crippen LogP contribution in [0.25, 0.3) is 0 Å². The second kappa shape index (κ2) is 12.1. The zero-order chi connectivity index (χ0) is 24.9. The van der Waals surface area contributed by atoms with Gasteiger partial charge in [0.2, 0.25) is 0 Å². The van der Waals surface area contributed by atoms with E-state index in [-0.39, 0.29) is 11.0 Å². The summed E-state index contributed by atoms with van der Waals surface area (Å²) in [5.74, 6) is 0.776. The lowest BCUT2D eigenvalue weighted by Gasteiger charge is -2.29. The summed E-state index contributed by atoms with van der Waals surface area (Å²) in [7, 11) is 0. The molecule has 186 valence electrons. The molecule has 2 aliphatic heterocycles. The van der Waals surface area contributed by atoms with E-state index in [1.54, 1.807) is 22.7 Å². The molecule has 2 aromatic rings. The Morgan fingerprint density at radius 2 is 1.97 bits per heavy atom. The van der Waals surface area contributed by atoms with Gasteiger partial charge in [0.25, 0.3) is 5.91 Å². The minimum absolute atomic E-state index is 0.0559. The van der Waals surface area contributed by atoms with E-state index >= 15 is 0 Å². The second-order valence-corrected chi connectivity index (χ2v) is 11.3. The molecule has 1 fully saturated rings. The van der Waals surface area contributed by atoms with Crippen LogP contribution in [0, 0.1) is 5.92 Å². The number of nitrogens with zero attached hydrogens (tertiary/aromatic N) is 1. The van der Waals surface area contributed by atoms with Gasteiger partial charge in [0.15, 0.2) is 6.10 Å². The van der Waals surface area contributed by atoms with E-state index in [2.05, 4.69) is 11.4 Å². The number of nitrogens with one attached hydrogen (secondary N) is 1. The molecule has 0 spiro atoms. The summed E-state index contributed by atoms with van der Waals surface area (Å²) in [6.45, 7) is 0.950. The van der Waals surface area contributed by atoms with E-state index < -0.39 is 18.1 Å². The zero-order valence-corrected chi connectivity index (χ0v) is 22.2. The minimum Gasteiger partial charge on any atom is -0.383 e. The largest absolute Gasteiger partial charge is 0.383 e. The van der Waals surface area contributed by atoms with Crippen LogP contribution in [0.3, 0.4) is 0 Å². The van der Waals surface area contributed by atoms with E-state index in [1.807, 2.05) is 42.5 Å². The standard InChI is InChI=1S/C26H28Cl2N2O3S2/c27-19-7-3-6-18(13-19)22-9-4-10-30(22)26(33)24(32)23(31)25(34)29-14-20-12-16(15-35-20)11-17-5-1-2-8-21(17)28/h1-3,5-8,12-13,16,22-24,31-32H,4,9-11,14-15H2,(H,29,34)/t16?,22?,23-,24-/m1/s1. The minimum atomic E-state index is -1.63. The van der Waals surface area contributed by atoms with Crippen LogP contribution in [0.5, 0.6) is 0 Å². The molecule has 2 unspecified atom stereocenters. The Labute approximate surface area is 225 Å². The highest BCUT2D eigenvalue weighted by atomic mass is 35.5. The summed E-state index contributed by atoms with van der Waals surface area (Å²) in [6.07, 6.45) is 1.53. The van der Waals surface area contributed by atoms with Crippen LogP contribution < -0.4 is 5.32 Å². The van der Waals surface area contributed by atoms with Crippen LogP contribution in [0.4, 0.5) is 0 Å². The van der Waals surface area contributed by atoms with Gasteiger partial charge in [-0.25, -0.2) is 0 Å². The number of carbonyl (C=O) groups excluding carboxylic acids is 1. The van der Waals surface area contributed by atoms with Crippen molar-refractivity contribution in [1.82, 2.24) is 10.2 Å². The monoisotopic (exact) mass is 550 g/mol. The first-order valence-corrected chi connectivity index (χ1v) is 13.7. The van der Waals surface area contributed by atoms with Gasteiger partial charge in [-0.05, 0) is 54.5 Å². The van der Waals surface area contributed by atoms with Crippen molar-refractivity contribution in [1.29, 1.82) is 0 Å². The first kappa shape index (κ1) is 26.5. The number of allylic oxidation sites excluding steroid dienone is 1. The summed E-state index contributed by atoms with van der Waals surface area (Å²) < 4.78 is 0. The quantitative estimate of drug-likeness (QED) is 0.410. The topological polar surface area (TPSA) is 72.8 Å². The number of likely N-dealkylation sites (tertiary alicyclic amines) is 1. The average molecular weight is 552 g/mol. The number of amides is 1. The van der Waals surface area contributed by atoms with E-state index in [9.17, 15) is 15.0 Å². The molecule has 1 saturated heterocycles. The molecule has 1 amide bonds. The van der Waals surface area contributed by atoms with Crippen molar-refractivity contribution >= 4 is 58.1 Å². The van der Waals surface area contributed by atoms with Crippen LogP contribution in [0.15, 0.2) is 59.5 Å². The molecule has 2 heterocycles. The number of thioether (sulfide) groups is 1. The number of hydrogen-bond acceptors (Lipinski definition) is 5. The number of aliphatic hydroxyl groups is 2. The van der Waals surface area contributed by atoms with E-state index in [1.165, 1.54) is 0 Å². The lowest BCUT2D eigenvalue weighted by molar-refractivity contribution is -0.144. The second-order valence-electron chi connectivity index (χ2n) is 8.85. The van der Waals surface area contributed by atoms with E-state index in [0.717, 1.165) is 46.1 Å². The lowest BCUT2D eigenvalue weighted by Crippen LogP contribution is -2.50. The van der Waals surface area contributed by atoms with Gasteiger partial charge in [-0.1, -0.05) is 71.8 Å². The number of benzene rings is 2. The van der Waals surface area contributed by atoms with Crippen molar-refractivity contribution in [2.75, 3.05) is 18.8 Å². The predicted octanol–water partition coefficient (Wildman–Crippen LogP) is 4.79. The Hall–Kier alpha value is -1.61. The first-order valence-electron chi connectivity index (χ1n) is 11.6. The van der Waals surface area contributed by atoms with Gasteiger partial charge >= 0.3 is 0 Å². The van der Waals surface area contributed by atoms with E-state index in [0.29, 0.717) is 24.0 Å². The Balaban J connectivity index is 1.30. The maximum Gasteiger partial charge on any atom is 0.255 e. The van der Waals surface area contributed by atoms with Crippen molar-refractivity contribution in [3.63, 3.8) is 0 Å². The third-order valence-electron chi connectivity index (χ3n) is 6.37. The molecular formula is C26H28Cl2N2O3S2. The van der Waals surface area contributed by atoms with Gasteiger partial charge in [-0.15, -0.1) is 11.8 Å². The molecule has 0 bridgehead atoms. The SMILES string of the molecule is O=C([C@H](O)[C@@H](O)C(=S)NCC1=CC(Cc2ccccc2Cl)CS1)N1CCCC1c1cccc(Cl)c1. The molecule has 2 aromatic carbocycles. The number of hydrogen-bond donors (Lipinski definition) is 3. The Morgan fingerprint density at radius 3 is 2.74 bits per heavy atom. The van der Waals surface area contributed by atoms with Crippen molar-refractivity contribution in [3.05, 3.63) is 80.7 Å². The highest BCUT2D eigenvalue weighted by molar-refractivity contribution is 8.03. The highest BCUT2D eigenvalue weighted by Gasteiger charge is 2.37. The fourth-order valence-corrected chi connectivity index (χ4v) is 6.28. The Morgan fingerprint density at radius 1 is 1.17 bits per heavy atom. The maximum atomic E-state index is 13.0. The fourth-order valence-electron chi connectivity index (χ4n) is 4.57. The molecule has 35 heavy (non-hydrogen) atoms. The van der Waals surface area contributed by atoms with Gasteiger partial charge in [-0.3, -0.25) is 4.79 Å². The van der Waals surface area contributed by atoms with Crippen molar-refractivity contribution in [2.45, 2.75) is 37.5 Å². The molecule has 0 aliphatic carbocycles. The number of aliphatic hydroxyl groups excluding tert-OH is 2. The van der Waals surface area contributed by atoms with Gasteiger partial charge in [0.1, 0.15) is 11.1 Å². The number of halogens is 2. The predicted molar refractivity (Wildman–Crippen MR) is 147 cm³/mol. The molecule has 3 N–H and O–H groups in total. The summed E-state index contributed by atoms with van der Waals surface area (Å²) in [4.78, 5) is 15.8. The van der Waals surface area contributed by atoms with Crippen LogP contribution in [-0.2, 0) is 11.2 Å². The van der Waals surface area contributed by atoms with Crippen LogP contribution in [0.1, 0.15) is 30.0 Å². The van der Waals surface area contributed by atoms with Crippen LogP contribution in [0.2, 0.25) is 10.0 Å². The Bertz CT molecular complexity index is 1110. The first-order chi connectivity index (χ1) is 16.8. The molecule has 4 rings (SSSR count). The number of thiocarbonyl (C=S) groups is 1. The number of carbonyl (C=O) groups is 1. The third kappa shape index (κ3) is 6.59. The number of rotatable bonds is 8. The Kier molecular flexibility index (Phi) is 9.13. The van der Waals surface area contributed by atoms with Gasteiger partial charge in [0.05, 0.1) is 6.04 Å². The summed E-state index contributed by atoms with van der Waals surface area (Å²) in [5, 5.41) is 25.6. The molecule has 0 saturated carbocycles. The van der Waals surface area contributed by atoms with E-state index in [4.69, 9.17) is 35.4 Å². The summed E-state index contributed by atoms with van der Waals surface area (Å²) in [5.41, 5.74) is 2.04. The maximum absolute atomic E-state index is 13.0. The summed E-state index contributed by atoms with van der Waals surface area (Å²) in [6, 6.07) is 15.1. The highest BCUT2D eigenvalue weighted by Crippen LogP contribution is 2.34. The molecule has 0 radical (unpaired) electrons. The molecule has 9 heteroatoms. The summed E-state index contributed by atoms with van der Waals surface area (Å²) >= 11 is 19.4. The molecular weight excluding hydrogens is 523 g/mol. The lowest BCUT2D eigenvalue weighted by atomic mass is 10.0. The molecule has 2 aliphatic rings. The van der Waals surface area contributed by atoms with Gasteiger partial charge in [0, 0.05) is 33.8 Å². The van der Waals surface area contributed by atoms with Gasteiger partial charge < -0.3 is 20.4 Å². The normalized spacial score (nSPS) is 21.5. The van der Waals surface area contributed by atoms with Crippen molar-refractivity contribution < 1.29 is 15.0 Å². The van der Waals surface area contributed by atoms with Crippen molar-refractivity contribution in [3.8, 4) is 0 Å². The van der Waals surface area contributed by atoms with Gasteiger partial charge in [-0.2, -0.15) is 0 Å². The third-order valence-corrected chi connectivity index (χ3v) is 8.61. The van der Waals surface area contributed by atoms with Crippen LogP contribution >= 0.6 is 47.2 Å². The zero-order valence-electron chi connectivity index (χ0n) is 19.1. The molecule has 4 atom stereocenters. The van der Waals surface area contributed by atoms with Crippen LogP contribution in [-0.4, -0.2) is 57.1 Å². The average Bonchev–Trinajstić information content (AvgIpc) is 3.52. The molecule has 0 aromatic heterocycles.